The Morgan fingerprint density at radius 1 is 0.667 bits per heavy atom. The van der Waals surface area contributed by atoms with Crippen molar-refractivity contribution in [1.29, 1.82) is 0 Å². The van der Waals surface area contributed by atoms with E-state index in [0.29, 0.717) is 10.8 Å². The number of benzene rings is 2. The second kappa shape index (κ2) is 8.21. The highest BCUT2D eigenvalue weighted by molar-refractivity contribution is 5.36. The van der Waals surface area contributed by atoms with E-state index in [-0.39, 0.29) is 7.43 Å². The van der Waals surface area contributed by atoms with E-state index in [1.54, 1.807) is 22.3 Å². The molecule has 2 aromatic rings. The summed E-state index contributed by atoms with van der Waals surface area (Å²) in [7, 11) is 0. The first kappa shape index (κ1) is 21.7. The van der Waals surface area contributed by atoms with E-state index < -0.39 is 0 Å². The van der Waals surface area contributed by atoms with E-state index in [1.165, 1.54) is 25.7 Å². The second-order valence-corrected chi connectivity index (χ2v) is 10.4. The molecule has 0 aromatic heterocycles. The van der Waals surface area contributed by atoms with Crippen LogP contribution in [0.3, 0.4) is 0 Å². The summed E-state index contributed by atoms with van der Waals surface area (Å²) >= 11 is 0. The van der Waals surface area contributed by atoms with Crippen molar-refractivity contribution in [3.63, 3.8) is 0 Å². The maximum absolute atomic E-state index is 2.35. The fraction of sp³-hybridized carbons (Fsp3) is 0.556. The topological polar surface area (TPSA) is 0 Å². The summed E-state index contributed by atoms with van der Waals surface area (Å²) in [5.41, 5.74) is 7.19. The van der Waals surface area contributed by atoms with E-state index in [0.717, 1.165) is 11.8 Å². The average Bonchev–Trinajstić information content (AvgIpc) is 3.19. The van der Waals surface area contributed by atoms with Gasteiger partial charge in [0.1, 0.15) is 0 Å². The highest BCUT2D eigenvalue weighted by Gasteiger charge is 2.32. The standard InChI is InChI=1S/2C13H18.CH4/c1-13(2,3)12-8-10-6-4-5-7-11(10)9-12;1-13(2,3)12-9-8-10-6-4-5-7-11(10)12;/h2*4-7,12H,8-9H2,1-3H3;1H4. The molecule has 0 aliphatic heterocycles. The molecule has 0 spiro atoms. The molecule has 0 heteroatoms. The lowest BCUT2D eigenvalue weighted by molar-refractivity contribution is 0.251. The molecule has 1 unspecified atom stereocenters. The summed E-state index contributed by atoms with van der Waals surface area (Å²) in [6.07, 6.45) is 5.17. The zero-order valence-electron chi connectivity index (χ0n) is 17.6. The van der Waals surface area contributed by atoms with Crippen LogP contribution in [0.5, 0.6) is 0 Å². The molecule has 0 heterocycles. The zero-order valence-corrected chi connectivity index (χ0v) is 17.6. The second-order valence-electron chi connectivity index (χ2n) is 10.4. The van der Waals surface area contributed by atoms with Gasteiger partial charge >= 0.3 is 0 Å². The first-order chi connectivity index (χ1) is 12.2. The molecule has 0 nitrogen and oxygen atoms in total. The van der Waals surface area contributed by atoms with Crippen LogP contribution in [0.15, 0.2) is 48.5 Å². The number of fused-ring (bicyclic) bond motifs is 2. The maximum Gasteiger partial charge on any atom is -0.0107 e. The smallest absolute Gasteiger partial charge is 0.0107 e. The highest BCUT2D eigenvalue weighted by Crippen LogP contribution is 2.44. The molecule has 2 aromatic carbocycles. The monoisotopic (exact) mass is 364 g/mol. The Bertz CT molecular complexity index is 714. The Morgan fingerprint density at radius 3 is 1.63 bits per heavy atom. The van der Waals surface area contributed by atoms with Gasteiger partial charge in [-0.3, -0.25) is 0 Å². The SMILES string of the molecule is C.CC(C)(C)C1CCc2ccccc21.CC(C)(C)C1Cc2ccccc2C1. The highest BCUT2D eigenvalue weighted by atomic mass is 14.4. The van der Waals surface area contributed by atoms with Gasteiger partial charge in [0.2, 0.25) is 0 Å². The first-order valence-electron chi connectivity index (χ1n) is 10.3. The quantitative estimate of drug-likeness (QED) is 0.446. The Morgan fingerprint density at radius 2 is 1.15 bits per heavy atom. The van der Waals surface area contributed by atoms with Gasteiger partial charge in [-0.2, -0.15) is 0 Å². The first-order valence-corrected chi connectivity index (χ1v) is 10.3. The number of rotatable bonds is 0. The van der Waals surface area contributed by atoms with Crippen LogP contribution < -0.4 is 0 Å². The molecule has 0 saturated heterocycles. The predicted molar refractivity (Wildman–Crippen MR) is 120 cm³/mol. The van der Waals surface area contributed by atoms with Gasteiger partial charge in [-0.1, -0.05) is 97.5 Å². The molecule has 27 heavy (non-hydrogen) atoms. The van der Waals surface area contributed by atoms with Crippen molar-refractivity contribution in [2.75, 3.05) is 0 Å². The summed E-state index contributed by atoms with van der Waals surface area (Å²) in [6, 6.07) is 17.8. The van der Waals surface area contributed by atoms with Crippen LogP contribution in [0, 0.1) is 16.7 Å². The summed E-state index contributed by atoms with van der Waals surface area (Å²) in [5, 5.41) is 0. The van der Waals surface area contributed by atoms with Crippen molar-refractivity contribution < 1.29 is 0 Å². The Balaban J connectivity index is 0.000000187. The van der Waals surface area contributed by atoms with Crippen LogP contribution in [-0.2, 0) is 19.3 Å². The third kappa shape index (κ3) is 5.03. The van der Waals surface area contributed by atoms with E-state index in [9.17, 15) is 0 Å². The molecule has 0 bridgehead atoms. The molecule has 148 valence electrons. The number of hydrogen-bond donors (Lipinski definition) is 0. The third-order valence-electron chi connectivity index (χ3n) is 6.45. The van der Waals surface area contributed by atoms with Crippen LogP contribution in [0.4, 0.5) is 0 Å². The van der Waals surface area contributed by atoms with Crippen molar-refractivity contribution in [1.82, 2.24) is 0 Å². The fourth-order valence-corrected chi connectivity index (χ4v) is 4.63. The minimum Gasteiger partial charge on any atom is -0.0776 e. The van der Waals surface area contributed by atoms with Crippen molar-refractivity contribution in [2.24, 2.45) is 16.7 Å². The molecule has 2 aliphatic carbocycles. The predicted octanol–water partition coefficient (Wildman–Crippen LogP) is 7.85. The molecule has 0 amide bonds. The molecule has 2 aliphatic rings. The minimum absolute atomic E-state index is 0. The van der Waals surface area contributed by atoms with Gasteiger partial charge in [0, 0.05) is 0 Å². The summed E-state index contributed by atoms with van der Waals surface area (Å²) in [4.78, 5) is 0. The van der Waals surface area contributed by atoms with Crippen LogP contribution in [0.1, 0.15) is 83.6 Å². The lowest BCUT2D eigenvalue weighted by atomic mass is 9.77. The van der Waals surface area contributed by atoms with Gasteiger partial charge in [0.05, 0.1) is 0 Å². The number of hydrogen-bond acceptors (Lipinski definition) is 0. The average molecular weight is 365 g/mol. The summed E-state index contributed by atoms with van der Waals surface area (Å²) < 4.78 is 0. The molecule has 1 atom stereocenters. The molecule has 0 fully saturated rings. The maximum atomic E-state index is 2.35. The lowest BCUT2D eigenvalue weighted by Crippen LogP contribution is -2.20. The van der Waals surface area contributed by atoms with Gasteiger partial charge in [0.15, 0.2) is 0 Å². The van der Waals surface area contributed by atoms with Crippen molar-refractivity contribution in [3.05, 3.63) is 70.8 Å². The summed E-state index contributed by atoms with van der Waals surface area (Å²) in [5.74, 6) is 1.61. The molecule has 0 radical (unpaired) electrons. The normalized spacial score (nSPS) is 18.8. The van der Waals surface area contributed by atoms with Crippen LogP contribution in [0.2, 0.25) is 0 Å². The van der Waals surface area contributed by atoms with Gasteiger partial charge < -0.3 is 0 Å². The van der Waals surface area contributed by atoms with Crippen molar-refractivity contribution >= 4 is 0 Å². The van der Waals surface area contributed by atoms with E-state index in [4.69, 9.17) is 0 Å². The molecule has 4 rings (SSSR count). The van der Waals surface area contributed by atoms with E-state index in [2.05, 4.69) is 90.1 Å². The Kier molecular flexibility index (Phi) is 6.61. The van der Waals surface area contributed by atoms with E-state index >= 15 is 0 Å². The molecule has 0 N–H and O–H groups in total. The van der Waals surface area contributed by atoms with Crippen molar-refractivity contribution in [3.8, 4) is 0 Å². The van der Waals surface area contributed by atoms with Crippen LogP contribution in [0.25, 0.3) is 0 Å². The molecule has 0 saturated carbocycles. The molecular formula is C27H40. The Labute approximate surface area is 168 Å². The minimum atomic E-state index is 0. The van der Waals surface area contributed by atoms with Crippen LogP contribution in [-0.4, -0.2) is 0 Å². The van der Waals surface area contributed by atoms with Gasteiger partial charge in [-0.15, -0.1) is 0 Å². The largest absolute Gasteiger partial charge is 0.0776 e. The van der Waals surface area contributed by atoms with Crippen LogP contribution >= 0.6 is 0 Å². The number of aryl methyl sites for hydroxylation is 1. The summed E-state index contributed by atoms with van der Waals surface area (Å²) in [6.45, 7) is 14.1. The fourth-order valence-electron chi connectivity index (χ4n) is 4.63. The zero-order chi connectivity index (χ0) is 18.9. The van der Waals surface area contributed by atoms with Gasteiger partial charge in [-0.25, -0.2) is 0 Å². The molecular weight excluding hydrogens is 324 g/mol. The lowest BCUT2D eigenvalue weighted by Gasteiger charge is -2.27. The van der Waals surface area contributed by atoms with Gasteiger partial charge in [0.25, 0.3) is 0 Å². The van der Waals surface area contributed by atoms with E-state index in [1.807, 2.05) is 0 Å². The Hall–Kier alpha value is -1.56. The van der Waals surface area contributed by atoms with Crippen molar-refractivity contribution in [2.45, 2.75) is 80.6 Å². The third-order valence-corrected chi connectivity index (χ3v) is 6.45. The van der Waals surface area contributed by atoms with Gasteiger partial charge in [-0.05, 0) is 70.6 Å².